The van der Waals surface area contributed by atoms with Gasteiger partial charge in [0.15, 0.2) is 0 Å². The highest BCUT2D eigenvalue weighted by molar-refractivity contribution is 6.21. The maximum absolute atomic E-state index is 10.9. The fourth-order valence-electron chi connectivity index (χ4n) is 5.62. The molecule has 0 amide bonds. The van der Waals surface area contributed by atoms with Crippen LogP contribution in [0, 0.1) is 0 Å². The van der Waals surface area contributed by atoms with Crippen LogP contribution < -0.4 is 4.90 Å². The molecule has 1 aliphatic heterocycles. The lowest BCUT2D eigenvalue weighted by Gasteiger charge is -2.35. The van der Waals surface area contributed by atoms with Crippen molar-refractivity contribution in [3.63, 3.8) is 0 Å². The number of rotatable bonds is 4. The lowest BCUT2D eigenvalue weighted by atomic mass is 9.78. The zero-order valence-corrected chi connectivity index (χ0v) is 20.1. The molecule has 0 radical (unpaired) electrons. The second-order valence-electron chi connectivity index (χ2n) is 10.4. The van der Waals surface area contributed by atoms with Gasteiger partial charge in [0.1, 0.15) is 5.52 Å². The number of aliphatic hydroxyl groups excluding tert-OH is 1. The predicted octanol–water partition coefficient (Wildman–Crippen LogP) is 4.86. The monoisotopic (exact) mass is 453 g/mol. The molecule has 1 aliphatic carbocycles. The van der Waals surface area contributed by atoms with Crippen molar-refractivity contribution < 1.29 is 9.63 Å². The number of hydrogen-bond acceptors (Lipinski definition) is 5. The van der Waals surface area contributed by atoms with Gasteiger partial charge < -0.3 is 14.5 Å². The van der Waals surface area contributed by atoms with E-state index in [0.717, 1.165) is 55.1 Å². The fraction of sp³-hybridized carbons (Fsp3) is 0.500. The fourth-order valence-corrected chi connectivity index (χ4v) is 5.95. The Morgan fingerprint density at radius 3 is 2.47 bits per heavy atom. The van der Waals surface area contributed by atoms with Gasteiger partial charge in [0.05, 0.1) is 16.9 Å². The second-order valence-corrected chi connectivity index (χ2v) is 10.9. The number of halogens is 1. The third-order valence-electron chi connectivity index (χ3n) is 7.60. The summed E-state index contributed by atoms with van der Waals surface area (Å²) in [6.07, 6.45) is -0.408. The van der Waals surface area contributed by atoms with Gasteiger partial charge in [-0.1, -0.05) is 63.2 Å². The number of alkyl halides is 1. The lowest BCUT2D eigenvalue weighted by Crippen LogP contribution is -2.47. The first-order valence-corrected chi connectivity index (χ1v) is 11.9. The van der Waals surface area contributed by atoms with Gasteiger partial charge in [0.2, 0.25) is 5.88 Å². The van der Waals surface area contributed by atoms with Crippen LogP contribution in [0.2, 0.25) is 0 Å². The van der Waals surface area contributed by atoms with E-state index in [1.54, 1.807) is 0 Å². The van der Waals surface area contributed by atoms with Crippen LogP contribution in [0.25, 0.3) is 10.9 Å². The molecule has 2 atom stereocenters. The minimum atomic E-state index is -0.408. The SMILES string of the molecule is CC1(C)c2ccc(C(Cl)CN3CCN(c4onc5ccccc45)CC3)cc2C(C)(C)C1O. The van der Waals surface area contributed by atoms with E-state index < -0.39 is 6.10 Å². The molecule has 170 valence electrons. The Balaban J connectivity index is 1.26. The smallest absolute Gasteiger partial charge is 0.235 e. The molecule has 2 heterocycles. The number of benzene rings is 2. The topological polar surface area (TPSA) is 52.7 Å². The van der Waals surface area contributed by atoms with Crippen molar-refractivity contribution in [1.82, 2.24) is 10.1 Å². The van der Waals surface area contributed by atoms with E-state index >= 15 is 0 Å². The lowest BCUT2D eigenvalue weighted by molar-refractivity contribution is 0.0566. The molecular formula is C26H32ClN3O2. The maximum Gasteiger partial charge on any atom is 0.235 e. The van der Waals surface area contributed by atoms with Gasteiger partial charge in [-0.05, 0) is 28.8 Å². The average Bonchev–Trinajstić information content (AvgIpc) is 3.27. The molecule has 5 nitrogen and oxygen atoms in total. The van der Waals surface area contributed by atoms with Crippen molar-refractivity contribution in [2.75, 3.05) is 37.6 Å². The summed E-state index contributed by atoms with van der Waals surface area (Å²) in [5.41, 5.74) is 3.96. The Kier molecular flexibility index (Phi) is 5.27. The summed E-state index contributed by atoms with van der Waals surface area (Å²) in [5.74, 6) is 0.865. The standard InChI is InChI=1S/C26H32ClN3O2/c1-25(2)19-10-9-17(15-20(19)26(3,4)24(25)31)21(27)16-29-11-13-30(14-12-29)23-18-7-5-6-8-22(18)28-32-23/h5-10,15,21,24,31H,11-14,16H2,1-4H3. The minimum absolute atomic E-state index is 0.0883. The normalized spacial score (nSPS) is 23.4. The molecule has 5 rings (SSSR count). The van der Waals surface area contributed by atoms with Crippen molar-refractivity contribution in [2.45, 2.75) is 50.0 Å². The number of anilines is 1. The number of piperazine rings is 1. The van der Waals surface area contributed by atoms with E-state index in [2.05, 4.69) is 66.9 Å². The zero-order valence-electron chi connectivity index (χ0n) is 19.3. The number of nitrogens with zero attached hydrogens (tertiary/aromatic N) is 3. The predicted molar refractivity (Wildman–Crippen MR) is 130 cm³/mol. The van der Waals surface area contributed by atoms with E-state index in [9.17, 15) is 5.11 Å². The van der Waals surface area contributed by atoms with E-state index in [1.165, 1.54) is 11.1 Å². The molecule has 2 aromatic carbocycles. The van der Waals surface area contributed by atoms with Gasteiger partial charge in [-0.3, -0.25) is 4.90 Å². The molecule has 1 saturated heterocycles. The summed E-state index contributed by atoms with van der Waals surface area (Å²) in [6.45, 7) is 13.0. The number of aromatic nitrogens is 1. The van der Waals surface area contributed by atoms with Gasteiger partial charge in [0, 0.05) is 43.6 Å². The van der Waals surface area contributed by atoms with Crippen molar-refractivity contribution >= 4 is 28.4 Å². The van der Waals surface area contributed by atoms with Crippen LogP contribution in [-0.2, 0) is 10.8 Å². The molecule has 32 heavy (non-hydrogen) atoms. The van der Waals surface area contributed by atoms with E-state index in [0.29, 0.717) is 0 Å². The number of fused-ring (bicyclic) bond motifs is 2. The molecule has 0 bridgehead atoms. The molecule has 0 saturated carbocycles. The molecule has 1 N–H and O–H groups in total. The van der Waals surface area contributed by atoms with Crippen LogP contribution in [0.1, 0.15) is 49.8 Å². The summed E-state index contributed by atoms with van der Waals surface area (Å²) in [4.78, 5) is 4.69. The molecule has 1 fully saturated rings. The second kappa shape index (κ2) is 7.75. The summed E-state index contributed by atoms with van der Waals surface area (Å²) in [6, 6.07) is 14.6. The van der Waals surface area contributed by atoms with E-state index in [4.69, 9.17) is 16.1 Å². The van der Waals surface area contributed by atoms with Crippen LogP contribution in [-0.4, -0.2) is 54.0 Å². The summed E-state index contributed by atoms with van der Waals surface area (Å²) >= 11 is 6.91. The molecule has 1 aromatic heterocycles. The van der Waals surface area contributed by atoms with E-state index in [-0.39, 0.29) is 16.2 Å². The van der Waals surface area contributed by atoms with Crippen LogP contribution in [0.4, 0.5) is 5.88 Å². The van der Waals surface area contributed by atoms with Crippen LogP contribution in [0.5, 0.6) is 0 Å². The highest BCUT2D eigenvalue weighted by Gasteiger charge is 2.50. The quantitative estimate of drug-likeness (QED) is 0.572. The van der Waals surface area contributed by atoms with Crippen molar-refractivity contribution in [1.29, 1.82) is 0 Å². The van der Waals surface area contributed by atoms with Crippen molar-refractivity contribution in [3.8, 4) is 0 Å². The molecule has 3 aromatic rings. The van der Waals surface area contributed by atoms with E-state index in [1.807, 2.05) is 18.2 Å². The van der Waals surface area contributed by atoms with Gasteiger partial charge in [0.25, 0.3) is 0 Å². The molecule has 2 aliphatic rings. The van der Waals surface area contributed by atoms with Crippen molar-refractivity contribution in [3.05, 3.63) is 59.2 Å². The van der Waals surface area contributed by atoms with Gasteiger partial charge >= 0.3 is 0 Å². The Morgan fingerprint density at radius 1 is 1.03 bits per heavy atom. The Hall–Kier alpha value is -2.08. The highest BCUT2D eigenvalue weighted by atomic mass is 35.5. The highest BCUT2D eigenvalue weighted by Crippen LogP contribution is 2.50. The number of hydrogen-bond donors (Lipinski definition) is 1. The number of aliphatic hydroxyl groups is 1. The van der Waals surface area contributed by atoms with Crippen molar-refractivity contribution in [2.24, 2.45) is 0 Å². The van der Waals surface area contributed by atoms with Gasteiger partial charge in [-0.25, -0.2) is 0 Å². The van der Waals surface area contributed by atoms with Gasteiger partial charge in [-0.2, -0.15) is 0 Å². The Labute approximate surface area is 194 Å². The van der Waals surface area contributed by atoms with Crippen LogP contribution in [0.15, 0.2) is 47.0 Å². The maximum atomic E-state index is 10.9. The van der Waals surface area contributed by atoms with Crippen LogP contribution in [0.3, 0.4) is 0 Å². The minimum Gasteiger partial charge on any atom is -0.391 e. The first-order chi connectivity index (χ1) is 15.2. The third-order valence-corrected chi connectivity index (χ3v) is 7.99. The van der Waals surface area contributed by atoms with Crippen LogP contribution >= 0.6 is 11.6 Å². The average molecular weight is 454 g/mol. The molecule has 6 heteroatoms. The Morgan fingerprint density at radius 2 is 1.72 bits per heavy atom. The zero-order chi connectivity index (χ0) is 22.7. The molecule has 0 spiro atoms. The molecular weight excluding hydrogens is 422 g/mol. The van der Waals surface area contributed by atoms with Gasteiger partial charge in [-0.15, -0.1) is 11.6 Å². The first-order valence-electron chi connectivity index (χ1n) is 11.5. The Bertz CT molecular complexity index is 1130. The summed E-state index contributed by atoms with van der Waals surface area (Å²) < 4.78 is 5.64. The summed E-state index contributed by atoms with van der Waals surface area (Å²) in [7, 11) is 0. The molecule has 2 unspecified atom stereocenters. The summed E-state index contributed by atoms with van der Waals surface area (Å²) in [5, 5.41) is 16.1. The largest absolute Gasteiger partial charge is 0.391 e. The third kappa shape index (κ3) is 3.42. The first kappa shape index (κ1) is 21.7.